The summed E-state index contributed by atoms with van der Waals surface area (Å²) in [6.07, 6.45) is -0.0663. The summed E-state index contributed by atoms with van der Waals surface area (Å²) in [7, 11) is 0. The van der Waals surface area contributed by atoms with E-state index < -0.39 is 12.1 Å². The molecule has 0 radical (unpaired) electrons. The molecular weight excluding hydrogens is 347 g/mol. The minimum Gasteiger partial charge on any atom is -0.392 e. The van der Waals surface area contributed by atoms with Crippen LogP contribution in [0.15, 0.2) is 24.3 Å². The Bertz CT molecular complexity index is 667. The molecule has 22 heavy (non-hydrogen) atoms. The zero-order valence-corrected chi connectivity index (χ0v) is 13.7. The zero-order valence-electron chi connectivity index (χ0n) is 11.3. The van der Waals surface area contributed by atoms with Crippen LogP contribution in [0.4, 0.5) is 5.13 Å². The molecule has 0 spiro atoms. The van der Waals surface area contributed by atoms with E-state index in [1.54, 1.807) is 12.1 Å². The van der Waals surface area contributed by atoms with Crippen molar-refractivity contribution < 1.29 is 9.90 Å². The number of carbonyl (C=O) groups excluding carboxylic acids is 1. The van der Waals surface area contributed by atoms with Crippen LogP contribution >= 0.6 is 35.3 Å². The van der Waals surface area contributed by atoms with Crippen molar-refractivity contribution in [2.45, 2.75) is 18.6 Å². The van der Waals surface area contributed by atoms with Gasteiger partial charge in [0.1, 0.15) is 5.01 Å². The van der Waals surface area contributed by atoms with Gasteiger partial charge in [-0.15, -0.1) is 22.6 Å². The third kappa shape index (κ3) is 3.93. The lowest BCUT2D eigenvalue weighted by molar-refractivity contribution is -0.117. The summed E-state index contributed by atoms with van der Waals surface area (Å²) in [6.45, 7) is 0.433. The molecule has 9 heteroatoms. The summed E-state index contributed by atoms with van der Waals surface area (Å²) in [5.74, 6) is -0.208. The molecule has 1 aliphatic rings. The zero-order chi connectivity index (χ0) is 14.8. The lowest BCUT2D eigenvalue weighted by Crippen LogP contribution is -2.35. The fourth-order valence-electron chi connectivity index (χ4n) is 2.12. The molecule has 1 aromatic heterocycles. The summed E-state index contributed by atoms with van der Waals surface area (Å²) in [4.78, 5) is 12.0. The Kier molecular flexibility index (Phi) is 5.71. The number of β-amino-alcohol motifs (C(OH)–C–C–N with tert-alkyl or cyclic N) is 1. The summed E-state index contributed by atoms with van der Waals surface area (Å²) in [5.41, 5.74) is 0.856. The van der Waals surface area contributed by atoms with Crippen LogP contribution in [0, 0.1) is 0 Å². The van der Waals surface area contributed by atoms with Gasteiger partial charge in [0.15, 0.2) is 0 Å². The Hall–Kier alpha value is -1.25. The van der Waals surface area contributed by atoms with Crippen LogP contribution in [-0.4, -0.2) is 39.9 Å². The standard InChI is InChI=1S/C13H13ClN4O2S.ClH/c14-8-3-1-2-7(4-8)12-17-18-13(21-12)16-11(20)10-5-9(19)6-15-10;/h1-4,9-10,15,19H,5-6H2,(H,16,18,20);1H. The Morgan fingerprint density at radius 3 is 2.95 bits per heavy atom. The first-order chi connectivity index (χ1) is 10.1. The Balaban J connectivity index is 0.00000176. The topological polar surface area (TPSA) is 87.1 Å². The molecule has 2 aromatic rings. The van der Waals surface area contributed by atoms with E-state index in [9.17, 15) is 9.90 Å². The monoisotopic (exact) mass is 360 g/mol. The van der Waals surface area contributed by atoms with Gasteiger partial charge in [0.05, 0.1) is 12.1 Å². The van der Waals surface area contributed by atoms with Crippen LogP contribution < -0.4 is 10.6 Å². The van der Waals surface area contributed by atoms with Gasteiger partial charge in [0.2, 0.25) is 11.0 Å². The van der Waals surface area contributed by atoms with Crippen molar-refractivity contribution in [2.24, 2.45) is 0 Å². The second-order valence-corrected chi connectivity index (χ2v) is 6.18. The lowest BCUT2D eigenvalue weighted by atomic mass is 10.2. The fraction of sp³-hybridized carbons (Fsp3) is 0.308. The number of rotatable bonds is 3. The maximum Gasteiger partial charge on any atom is 0.243 e. The normalized spacial score (nSPS) is 20.5. The highest BCUT2D eigenvalue weighted by atomic mass is 35.5. The Labute approximate surface area is 142 Å². The minimum atomic E-state index is -0.475. The number of hydrogen-bond donors (Lipinski definition) is 3. The van der Waals surface area contributed by atoms with E-state index in [4.69, 9.17) is 11.6 Å². The van der Waals surface area contributed by atoms with Crippen molar-refractivity contribution in [3.05, 3.63) is 29.3 Å². The van der Waals surface area contributed by atoms with Crippen LogP contribution in [0.3, 0.4) is 0 Å². The number of aliphatic hydroxyl groups is 1. The van der Waals surface area contributed by atoms with Gasteiger partial charge in [0, 0.05) is 17.1 Å². The van der Waals surface area contributed by atoms with Crippen molar-refractivity contribution >= 4 is 46.4 Å². The summed E-state index contributed by atoms with van der Waals surface area (Å²) >= 11 is 7.22. The molecule has 3 N–H and O–H groups in total. The van der Waals surface area contributed by atoms with E-state index in [-0.39, 0.29) is 18.3 Å². The smallest absolute Gasteiger partial charge is 0.243 e. The molecule has 6 nitrogen and oxygen atoms in total. The average molecular weight is 361 g/mol. The molecule has 0 saturated carbocycles. The number of anilines is 1. The van der Waals surface area contributed by atoms with Crippen LogP contribution in [0.1, 0.15) is 6.42 Å². The van der Waals surface area contributed by atoms with Crippen molar-refractivity contribution in [3.63, 3.8) is 0 Å². The van der Waals surface area contributed by atoms with Crippen LogP contribution in [0.5, 0.6) is 0 Å². The lowest BCUT2D eigenvalue weighted by Gasteiger charge is -2.07. The largest absolute Gasteiger partial charge is 0.392 e. The maximum absolute atomic E-state index is 12.0. The van der Waals surface area contributed by atoms with Gasteiger partial charge < -0.3 is 10.4 Å². The second kappa shape index (κ2) is 7.34. The Morgan fingerprint density at radius 1 is 1.45 bits per heavy atom. The number of hydrogen-bond acceptors (Lipinski definition) is 6. The third-order valence-corrected chi connectivity index (χ3v) is 4.27. The highest BCUT2D eigenvalue weighted by Gasteiger charge is 2.28. The van der Waals surface area contributed by atoms with Gasteiger partial charge in [-0.2, -0.15) is 0 Å². The SMILES string of the molecule is Cl.O=C(Nc1nnc(-c2cccc(Cl)c2)s1)C1CC(O)CN1. The van der Waals surface area contributed by atoms with Crippen LogP contribution in [0.25, 0.3) is 10.6 Å². The van der Waals surface area contributed by atoms with Crippen molar-refractivity contribution in [2.75, 3.05) is 11.9 Å². The van der Waals surface area contributed by atoms with Gasteiger partial charge in [-0.25, -0.2) is 0 Å². The van der Waals surface area contributed by atoms with E-state index in [0.717, 1.165) is 5.56 Å². The quantitative estimate of drug-likeness (QED) is 0.778. The predicted octanol–water partition coefficient (Wildman–Crippen LogP) is 1.94. The minimum absolute atomic E-state index is 0. The van der Waals surface area contributed by atoms with Crippen LogP contribution in [-0.2, 0) is 4.79 Å². The maximum atomic E-state index is 12.0. The van der Waals surface area contributed by atoms with Gasteiger partial charge in [-0.05, 0) is 18.6 Å². The summed E-state index contributed by atoms with van der Waals surface area (Å²) < 4.78 is 0. The molecule has 1 aliphatic heterocycles. The molecule has 1 amide bonds. The number of amides is 1. The average Bonchev–Trinajstić information content (AvgIpc) is 3.08. The number of aromatic nitrogens is 2. The highest BCUT2D eigenvalue weighted by molar-refractivity contribution is 7.18. The van der Waals surface area contributed by atoms with E-state index in [1.165, 1.54) is 11.3 Å². The van der Waals surface area contributed by atoms with Crippen molar-refractivity contribution in [3.8, 4) is 10.6 Å². The second-order valence-electron chi connectivity index (χ2n) is 4.76. The van der Waals surface area contributed by atoms with Crippen molar-refractivity contribution in [1.82, 2.24) is 15.5 Å². The van der Waals surface area contributed by atoms with Gasteiger partial charge in [0.25, 0.3) is 0 Å². The first kappa shape index (κ1) is 17.1. The number of carbonyl (C=O) groups is 1. The van der Waals surface area contributed by atoms with Gasteiger partial charge >= 0.3 is 0 Å². The predicted molar refractivity (Wildman–Crippen MR) is 88.6 cm³/mol. The number of halogens is 2. The number of benzene rings is 1. The fourth-order valence-corrected chi connectivity index (χ4v) is 3.05. The molecule has 2 unspecified atom stereocenters. The first-order valence-electron chi connectivity index (χ1n) is 6.43. The Morgan fingerprint density at radius 2 is 2.27 bits per heavy atom. The molecule has 2 atom stereocenters. The van der Waals surface area contributed by atoms with E-state index in [1.807, 2.05) is 12.1 Å². The molecule has 1 fully saturated rings. The summed E-state index contributed by atoms with van der Waals surface area (Å²) in [5, 5.41) is 24.8. The van der Waals surface area contributed by atoms with E-state index in [0.29, 0.717) is 28.1 Å². The van der Waals surface area contributed by atoms with Crippen molar-refractivity contribution in [1.29, 1.82) is 0 Å². The molecule has 0 bridgehead atoms. The number of aliphatic hydroxyl groups excluding tert-OH is 1. The molecule has 0 aliphatic carbocycles. The van der Waals surface area contributed by atoms with E-state index >= 15 is 0 Å². The van der Waals surface area contributed by atoms with Gasteiger partial charge in [-0.1, -0.05) is 35.1 Å². The first-order valence-corrected chi connectivity index (χ1v) is 7.63. The third-order valence-electron chi connectivity index (χ3n) is 3.15. The molecule has 2 heterocycles. The van der Waals surface area contributed by atoms with Gasteiger partial charge in [-0.3, -0.25) is 10.1 Å². The molecule has 3 rings (SSSR count). The highest BCUT2D eigenvalue weighted by Crippen LogP contribution is 2.28. The summed E-state index contributed by atoms with van der Waals surface area (Å²) in [6, 6.07) is 6.90. The number of nitrogens with zero attached hydrogens (tertiary/aromatic N) is 2. The van der Waals surface area contributed by atoms with E-state index in [2.05, 4.69) is 20.8 Å². The molecular formula is C13H14Cl2N4O2S. The molecule has 1 aromatic carbocycles. The number of nitrogens with one attached hydrogen (secondary N) is 2. The molecule has 1 saturated heterocycles. The van der Waals surface area contributed by atoms with Crippen LogP contribution in [0.2, 0.25) is 5.02 Å². The molecule has 118 valence electrons.